The Kier molecular flexibility index (Phi) is 4.10. The normalized spacial score (nSPS) is 25.9. The number of ether oxygens (including phenoxy) is 2. The fraction of sp³-hybridized carbons (Fsp3) is 0.600. The van der Waals surface area contributed by atoms with Crippen LogP contribution >= 0.6 is 11.8 Å². The molecule has 0 spiro atoms. The molecule has 2 aliphatic rings. The van der Waals surface area contributed by atoms with Crippen molar-refractivity contribution in [2.24, 2.45) is 11.7 Å². The third-order valence-electron chi connectivity index (χ3n) is 4.09. The lowest BCUT2D eigenvalue weighted by Gasteiger charge is -2.23. The first-order chi connectivity index (χ1) is 9.67. The molecule has 20 heavy (non-hydrogen) atoms. The SMILES string of the molecule is CSc1cc2c(cc1CN1CC(C)C(N)C1)OCCO2. The number of nitrogens with two attached hydrogens (primary N) is 1. The average Bonchev–Trinajstić information content (AvgIpc) is 2.76. The van der Waals surface area contributed by atoms with Gasteiger partial charge in [0.25, 0.3) is 0 Å². The third-order valence-corrected chi connectivity index (χ3v) is 4.91. The summed E-state index contributed by atoms with van der Waals surface area (Å²) >= 11 is 1.76. The first kappa shape index (κ1) is 14.0. The molecule has 3 rings (SSSR count). The number of nitrogens with zero attached hydrogens (tertiary/aromatic N) is 1. The topological polar surface area (TPSA) is 47.7 Å². The van der Waals surface area contributed by atoms with E-state index in [4.69, 9.17) is 15.2 Å². The van der Waals surface area contributed by atoms with E-state index in [1.807, 2.05) is 0 Å². The number of hydrogen-bond donors (Lipinski definition) is 1. The molecule has 2 unspecified atom stereocenters. The standard InChI is InChI=1S/C15H22N2O2S/c1-10-7-17(9-12(10)16)8-11-5-13-14(6-15(11)20-2)19-4-3-18-13/h5-6,10,12H,3-4,7-9,16H2,1-2H3. The van der Waals surface area contributed by atoms with Gasteiger partial charge in [-0.2, -0.15) is 0 Å². The van der Waals surface area contributed by atoms with Crippen molar-refractivity contribution in [3.8, 4) is 11.5 Å². The summed E-state index contributed by atoms with van der Waals surface area (Å²) in [6.07, 6.45) is 2.10. The van der Waals surface area contributed by atoms with E-state index in [9.17, 15) is 0 Å². The molecule has 2 atom stereocenters. The lowest BCUT2D eigenvalue weighted by atomic mass is 10.1. The quantitative estimate of drug-likeness (QED) is 0.864. The fourth-order valence-electron chi connectivity index (χ4n) is 2.89. The Morgan fingerprint density at radius 2 is 1.95 bits per heavy atom. The maximum atomic E-state index is 6.11. The number of rotatable bonds is 3. The highest BCUT2D eigenvalue weighted by Gasteiger charge is 2.27. The second-order valence-electron chi connectivity index (χ2n) is 5.64. The van der Waals surface area contributed by atoms with E-state index in [1.165, 1.54) is 10.5 Å². The van der Waals surface area contributed by atoms with Crippen molar-refractivity contribution in [2.75, 3.05) is 32.6 Å². The molecule has 1 aromatic carbocycles. The smallest absolute Gasteiger partial charge is 0.162 e. The zero-order chi connectivity index (χ0) is 14.1. The van der Waals surface area contributed by atoms with Crippen LogP contribution in [0.15, 0.2) is 17.0 Å². The number of thioether (sulfide) groups is 1. The Labute approximate surface area is 124 Å². The van der Waals surface area contributed by atoms with Crippen LogP contribution in [0, 0.1) is 5.92 Å². The molecule has 0 bridgehead atoms. The first-order valence-corrected chi connectivity index (χ1v) is 8.34. The van der Waals surface area contributed by atoms with Crippen LogP contribution in [0.4, 0.5) is 0 Å². The van der Waals surface area contributed by atoms with Gasteiger partial charge in [0.05, 0.1) is 0 Å². The van der Waals surface area contributed by atoms with Crippen molar-refractivity contribution in [3.05, 3.63) is 17.7 Å². The maximum absolute atomic E-state index is 6.11. The summed E-state index contributed by atoms with van der Waals surface area (Å²) in [5.74, 6) is 2.32. The van der Waals surface area contributed by atoms with Crippen molar-refractivity contribution < 1.29 is 9.47 Å². The van der Waals surface area contributed by atoms with Gasteiger partial charge in [-0.3, -0.25) is 4.90 Å². The molecule has 2 aliphatic heterocycles. The number of likely N-dealkylation sites (tertiary alicyclic amines) is 1. The van der Waals surface area contributed by atoms with Crippen LogP contribution in [-0.4, -0.2) is 43.5 Å². The molecule has 110 valence electrons. The van der Waals surface area contributed by atoms with E-state index in [0.717, 1.165) is 31.1 Å². The van der Waals surface area contributed by atoms with Gasteiger partial charge in [-0.05, 0) is 29.9 Å². The molecule has 0 aromatic heterocycles. The molecule has 2 N–H and O–H groups in total. The molecule has 0 amide bonds. The molecule has 4 nitrogen and oxygen atoms in total. The van der Waals surface area contributed by atoms with Crippen molar-refractivity contribution in [1.82, 2.24) is 4.90 Å². The van der Waals surface area contributed by atoms with Crippen LogP contribution in [0.2, 0.25) is 0 Å². The predicted molar refractivity (Wildman–Crippen MR) is 81.6 cm³/mol. The van der Waals surface area contributed by atoms with Crippen molar-refractivity contribution in [2.45, 2.75) is 24.4 Å². The van der Waals surface area contributed by atoms with Crippen LogP contribution in [0.25, 0.3) is 0 Å². The maximum Gasteiger partial charge on any atom is 0.162 e. The van der Waals surface area contributed by atoms with Gasteiger partial charge in [0.2, 0.25) is 0 Å². The fourth-order valence-corrected chi connectivity index (χ4v) is 3.50. The second-order valence-corrected chi connectivity index (χ2v) is 6.49. The van der Waals surface area contributed by atoms with Crippen LogP contribution in [0.5, 0.6) is 11.5 Å². The molecule has 0 aliphatic carbocycles. The minimum Gasteiger partial charge on any atom is -0.486 e. The highest BCUT2D eigenvalue weighted by atomic mass is 32.2. The lowest BCUT2D eigenvalue weighted by molar-refractivity contribution is 0.170. The lowest BCUT2D eigenvalue weighted by Crippen LogP contribution is -2.28. The summed E-state index contributed by atoms with van der Waals surface area (Å²) in [6, 6.07) is 4.54. The van der Waals surface area contributed by atoms with Crippen LogP contribution in [0.1, 0.15) is 12.5 Å². The van der Waals surface area contributed by atoms with E-state index in [-0.39, 0.29) is 0 Å². The van der Waals surface area contributed by atoms with Crippen LogP contribution in [-0.2, 0) is 6.54 Å². The molecule has 0 radical (unpaired) electrons. The van der Waals surface area contributed by atoms with Gasteiger partial charge in [0, 0.05) is 30.6 Å². The highest BCUT2D eigenvalue weighted by molar-refractivity contribution is 7.98. The van der Waals surface area contributed by atoms with Crippen molar-refractivity contribution in [3.63, 3.8) is 0 Å². The summed E-state index contributed by atoms with van der Waals surface area (Å²) in [5, 5.41) is 0. The molecule has 2 heterocycles. The number of benzene rings is 1. The second kappa shape index (κ2) is 5.84. The Hall–Kier alpha value is -0.910. The molecule has 1 fully saturated rings. The van der Waals surface area contributed by atoms with Gasteiger partial charge in [0.1, 0.15) is 13.2 Å². The van der Waals surface area contributed by atoms with Gasteiger partial charge in [-0.15, -0.1) is 11.8 Å². The number of fused-ring (bicyclic) bond motifs is 1. The predicted octanol–water partition coefficient (Wildman–Crippen LogP) is 1.96. The average molecular weight is 294 g/mol. The summed E-state index contributed by atoms with van der Waals surface area (Å²) in [7, 11) is 0. The van der Waals surface area contributed by atoms with Gasteiger partial charge in [0.15, 0.2) is 11.5 Å². The Bertz CT molecular complexity index is 485. The van der Waals surface area contributed by atoms with E-state index in [2.05, 4.69) is 30.2 Å². The zero-order valence-corrected chi connectivity index (χ0v) is 12.9. The Morgan fingerprint density at radius 3 is 2.55 bits per heavy atom. The zero-order valence-electron chi connectivity index (χ0n) is 12.1. The van der Waals surface area contributed by atoms with Gasteiger partial charge < -0.3 is 15.2 Å². The molecule has 1 saturated heterocycles. The van der Waals surface area contributed by atoms with Crippen molar-refractivity contribution >= 4 is 11.8 Å². The van der Waals surface area contributed by atoms with Gasteiger partial charge in [-0.1, -0.05) is 6.92 Å². The largest absolute Gasteiger partial charge is 0.486 e. The molecule has 5 heteroatoms. The number of hydrogen-bond acceptors (Lipinski definition) is 5. The van der Waals surface area contributed by atoms with Crippen molar-refractivity contribution in [1.29, 1.82) is 0 Å². The Balaban J connectivity index is 1.81. The van der Waals surface area contributed by atoms with Gasteiger partial charge >= 0.3 is 0 Å². The summed E-state index contributed by atoms with van der Waals surface area (Å²) in [6.45, 7) is 6.48. The highest BCUT2D eigenvalue weighted by Crippen LogP contribution is 2.37. The van der Waals surface area contributed by atoms with E-state index < -0.39 is 0 Å². The molecular formula is C15H22N2O2S. The monoisotopic (exact) mass is 294 g/mol. The third kappa shape index (κ3) is 2.75. The van der Waals surface area contributed by atoms with E-state index in [0.29, 0.717) is 25.2 Å². The summed E-state index contributed by atoms with van der Waals surface area (Å²) in [4.78, 5) is 3.70. The van der Waals surface area contributed by atoms with E-state index >= 15 is 0 Å². The summed E-state index contributed by atoms with van der Waals surface area (Å²) < 4.78 is 11.3. The minimum absolute atomic E-state index is 0.296. The summed E-state index contributed by atoms with van der Waals surface area (Å²) in [5.41, 5.74) is 7.42. The Morgan fingerprint density at radius 1 is 1.25 bits per heavy atom. The molecular weight excluding hydrogens is 272 g/mol. The van der Waals surface area contributed by atoms with E-state index in [1.54, 1.807) is 11.8 Å². The first-order valence-electron chi connectivity index (χ1n) is 7.12. The molecule has 0 saturated carbocycles. The van der Waals surface area contributed by atoms with Crippen LogP contribution in [0.3, 0.4) is 0 Å². The minimum atomic E-state index is 0.296. The van der Waals surface area contributed by atoms with Gasteiger partial charge in [-0.25, -0.2) is 0 Å². The molecule has 1 aromatic rings. The van der Waals surface area contributed by atoms with Crippen LogP contribution < -0.4 is 15.2 Å².